The molecule has 0 nitrogen and oxygen atoms in total. The van der Waals surface area contributed by atoms with Crippen LogP contribution < -0.4 is 24.8 Å². The molecule has 0 fully saturated rings. The SMILES string of the molecule is CCCC(C)C1=CC(C(C)CCC)C([SiH](C)C)=C1C(C)CCC.[Cl-].[Cl-].[Ti+2]. The van der Waals surface area contributed by atoms with Crippen LogP contribution in [0.25, 0.3) is 0 Å². The van der Waals surface area contributed by atoms with Crippen molar-refractivity contribution in [3.8, 4) is 0 Å². The monoisotopic (exact) mass is 452 g/mol. The molecule has 26 heavy (non-hydrogen) atoms. The standard InChI is InChI=1S/C22H42Si.2ClH.Ti/c1-9-12-16(4)19-15-20(17(5)13-10-2)22(23(7)8)21(19)18(6)14-11-3;;;/h15-18,20,23H,9-14H2,1-8H3;2*1H;/q;;;+2/p-2. The fourth-order valence-electron chi connectivity index (χ4n) is 4.69. The summed E-state index contributed by atoms with van der Waals surface area (Å²) in [6.07, 6.45) is 10.7. The van der Waals surface area contributed by atoms with Gasteiger partial charge in [-0.2, -0.15) is 0 Å². The summed E-state index contributed by atoms with van der Waals surface area (Å²) in [6, 6.07) is 0. The first-order valence-corrected chi connectivity index (χ1v) is 13.2. The average Bonchev–Trinajstić information content (AvgIpc) is 2.88. The molecule has 0 heterocycles. The van der Waals surface area contributed by atoms with Crippen LogP contribution in [0.3, 0.4) is 0 Å². The van der Waals surface area contributed by atoms with E-state index in [4.69, 9.17) is 0 Å². The van der Waals surface area contributed by atoms with Crippen molar-refractivity contribution in [1.29, 1.82) is 0 Å². The Labute approximate surface area is 193 Å². The van der Waals surface area contributed by atoms with Crippen LogP contribution in [0, 0.1) is 23.7 Å². The van der Waals surface area contributed by atoms with Crippen LogP contribution in [-0.2, 0) is 21.7 Å². The van der Waals surface area contributed by atoms with Crippen molar-refractivity contribution in [3.05, 3.63) is 22.4 Å². The summed E-state index contributed by atoms with van der Waals surface area (Å²) in [5.41, 5.74) is 3.57. The first-order chi connectivity index (χ1) is 10.9. The molecule has 1 aliphatic rings. The summed E-state index contributed by atoms with van der Waals surface area (Å²) in [5, 5.41) is 1.92. The smallest absolute Gasteiger partial charge is 1.00 e. The third-order valence-corrected chi connectivity index (χ3v) is 7.73. The first-order valence-electron chi connectivity index (χ1n) is 10.3. The van der Waals surface area contributed by atoms with Crippen LogP contribution in [0.1, 0.15) is 80.1 Å². The van der Waals surface area contributed by atoms with E-state index >= 15 is 0 Å². The van der Waals surface area contributed by atoms with Gasteiger partial charge in [-0.25, -0.2) is 0 Å². The fourth-order valence-corrected chi connectivity index (χ4v) is 6.95. The van der Waals surface area contributed by atoms with Crippen LogP contribution in [0.15, 0.2) is 22.4 Å². The predicted octanol–water partition coefficient (Wildman–Crippen LogP) is 1.18. The molecule has 0 saturated heterocycles. The molecule has 152 valence electrons. The Kier molecular flexibility index (Phi) is 19.3. The first kappa shape index (κ1) is 31.7. The maximum Gasteiger partial charge on any atom is 2.00 e. The van der Waals surface area contributed by atoms with Crippen molar-refractivity contribution in [2.75, 3.05) is 0 Å². The van der Waals surface area contributed by atoms with Gasteiger partial charge in [0, 0.05) is 0 Å². The minimum Gasteiger partial charge on any atom is -1.00 e. The second kappa shape index (κ2) is 15.9. The van der Waals surface area contributed by atoms with Crippen LogP contribution in [-0.4, -0.2) is 8.80 Å². The summed E-state index contributed by atoms with van der Waals surface area (Å²) in [5.74, 6) is 3.08. The summed E-state index contributed by atoms with van der Waals surface area (Å²) in [6.45, 7) is 19.6. The zero-order chi connectivity index (χ0) is 17.6. The zero-order valence-corrected chi connectivity index (χ0v) is 22.7. The van der Waals surface area contributed by atoms with E-state index in [-0.39, 0.29) is 46.5 Å². The summed E-state index contributed by atoms with van der Waals surface area (Å²) >= 11 is 0. The van der Waals surface area contributed by atoms with E-state index in [9.17, 15) is 0 Å². The summed E-state index contributed by atoms with van der Waals surface area (Å²) in [4.78, 5) is 0. The Morgan fingerprint density at radius 3 is 1.73 bits per heavy atom. The van der Waals surface area contributed by atoms with E-state index < -0.39 is 8.80 Å². The van der Waals surface area contributed by atoms with Crippen LogP contribution in [0.4, 0.5) is 0 Å². The van der Waals surface area contributed by atoms with E-state index in [2.05, 4.69) is 60.7 Å². The molecule has 0 aromatic rings. The molecular weight excluding hydrogens is 411 g/mol. The van der Waals surface area contributed by atoms with Gasteiger partial charge < -0.3 is 24.8 Å². The summed E-state index contributed by atoms with van der Waals surface area (Å²) < 4.78 is 0. The number of hydrogen-bond acceptors (Lipinski definition) is 0. The molecule has 0 N–H and O–H groups in total. The second-order valence-electron chi connectivity index (χ2n) is 8.32. The van der Waals surface area contributed by atoms with Crippen LogP contribution in [0.2, 0.25) is 13.1 Å². The van der Waals surface area contributed by atoms with E-state index in [1.165, 1.54) is 38.5 Å². The van der Waals surface area contributed by atoms with Crippen molar-refractivity contribution in [2.45, 2.75) is 93.2 Å². The van der Waals surface area contributed by atoms with E-state index in [0.29, 0.717) is 0 Å². The molecule has 4 unspecified atom stereocenters. The molecule has 0 bridgehead atoms. The van der Waals surface area contributed by atoms with Gasteiger partial charge in [-0.3, -0.25) is 0 Å². The van der Waals surface area contributed by atoms with Gasteiger partial charge in [-0.15, -0.1) is 0 Å². The molecule has 1 rings (SSSR count). The topological polar surface area (TPSA) is 0 Å². The van der Waals surface area contributed by atoms with Gasteiger partial charge in [-0.1, -0.05) is 91.6 Å². The zero-order valence-electron chi connectivity index (χ0n) is 18.5. The molecule has 0 aromatic carbocycles. The van der Waals surface area contributed by atoms with Gasteiger partial charge in [0.25, 0.3) is 0 Å². The number of allylic oxidation sites excluding steroid dienone is 4. The maximum absolute atomic E-state index is 2.73. The van der Waals surface area contributed by atoms with Crippen molar-refractivity contribution in [3.63, 3.8) is 0 Å². The van der Waals surface area contributed by atoms with Gasteiger partial charge in [0.15, 0.2) is 0 Å². The van der Waals surface area contributed by atoms with Crippen molar-refractivity contribution >= 4 is 8.80 Å². The van der Waals surface area contributed by atoms with E-state index in [1.54, 1.807) is 5.57 Å². The van der Waals surface area contributed by atoms with E-state index in [1.807, 2.05) is 10.8 Å². The predicted molar refractivity (Wildman–Crippen MR) is 110 cm³/mol. The number of halogens is 2. The minimum atomic E-state index is -0.773. The van der Waals surface area contributed by atoms with Gasteiger partial charge in [0.1, 0.15) is 0 Å². The normalized spacial score (nSPS) is 19.9. The van der Waals surface area contributed by atoms with Gasteiger partial charge in [0.05, 0.1) is 8.80 Å². The van der Waals surface area contributed by atoms with Crippen molar-refractivity contribution in [1.82, 2.24) is 0 Å². The van der Waals surface area contributed by atoms with Gasteiger partial charge in [-0.05, 0) is 47.7 Å². The molecule has 0 amide bonds. The largest absolute Gasteiger partial charge is 2.00 e. The molecule has 1 aliphatic carbocycles. The molecule has 0 spiro atoms. The molecule has 0 saturated carbocycles. The van der Waals surface area contributed by atoms with Crippen LogP contribution >= 0.6 is 0 Å². The molecule has 0 aliphatic heterocycles. The Balaban J connectivity index is -0.00000176. The second-order valence-corrected chi connectivity index (χ2v) is 11.2. The quantitative estimate of drug-likeness (QED) is 0.436. The van der Waals surface area contributed by atoms with E-state index in [0.717, 1.165) is 23.7 Å². The van der Waals surface area contributed by atoms with Crippen LogP contribution in [0.5, 0.6) is 0 Å². The molecule has 4 atom stereocenters. The average molecular weight is 453 g/mol. The molecule has 4 heteroatoms. The number of hydrogen-bond donors (Lipinski definition) is 0. The van der Waals surface area contributed by atoms with Crippen molar-refractivity contribution < 1.29 is 46.5 Å². The van der Waals surface area contributed by atoms with Gasteiger partial charge >= 0.3 is 21.7 Å². The Hall–Kier alpha value is 0.991. The molecule has 0 radical (unpaired) electrons. The molecule has 0 aromatic heterocycles. The van der Waals surface area contributed by atoms with Crippen molar-refractivity contribution in [2.24, 2.45) is 23.7 Å². The minimum absolute atomic E-state index is 0. The number of rotatable bonds is 10. The fraction of sp³-hybridized carbons (Fsp3) is 0.818. The van der Waals surface area contributed by atoms with Gasteiger partial charge in [0.2, 0.25) is 0 Å². The Bertz CT molecular complexity index is 432. The summed E-state index contributed by atoms with van der Waals surface area (Å²) in [7, 11) is -0.773. The third-order valence-electron chi connectivity index (χ3n) is 5.79. The Morgan fingerprint density at radius 1 is 0.846 bits per heavy atom. The third kappa shape index (κ3) is 8.16. The maximum atomic E-state index is 2.73. The molecular formula is C22H42Cl2SiTi. The Morgan fingerprint density at radius 2 is 1.31 bits per heavy atom.